The molecule has 158 valence electrons. The molecule has 2 heterocycles. The van der Waals surface area contributed by atoms with Gasteiger partial charge in [-0.05, 0) is 36.1 Å². The number of carbonyl (C=O) groups excluding carboxylic acids is 1. The lowest BCUT2D eigenvalue weighted by molar-refractivity contribution is -0.121. The van der Waals surface area contributed by atoms with E-state index in [1.807, 2.05) is 19.1 Å². The van der Waals surface area contributed by atoms with Gasteiger partial charge < -0.3 is 10.1 Å². The summed E-state index contributed by atoms with van der Waals surface area (Å²) in [6.45, 7) is 7.80. The number of benzene rings is 1. The molecule has 0 unspecified atom stereocenters. The Morgan fingerprint density at radius 1 is 1.07 bits per heavy atom. The number of thiophene rings is 1. The second-order valence-electron chi connectivity index (χ2n) is 7.52. The summed E-state index contributed by atoms with van der Waals surface area (Å²) in [5.41, 5.74) is 2.31. The van der Waals surface area contributed by atoms with Crippen molar-refractivity contribution >= 4 is 27.3 Å². The Morgan fingerprint density at radius 2 is 1.69 bits per heavy atom. The van der Waals surface area contributed by atoms with Crippen molar-refractivity contribution in [2.45, 2.75) is 43.4 Å². The van der Waals surface area contributed by atoms with Crippen LogP contribution in [0.3, 0.4) is 0 Å². The van der Waals surface area contributed by atoms with E-state index in [9.17, 15) is 13.2 Å². The molecule has 3 rings (SSSR count). The van der Waals surface area contributed by atoms with Gasteiger partial charge in [-0.25, -0.2) is 8.42 Å². The van der Waals surface area contributed by atoms with Crippen LogP contribution in [0.1, 0.15) is 48.7 Å². The molecule has 1 atom stereocenters. The van der Waals surface area contributed by atoms with Gasteiger partial charge in [-0.3, -0.25) is 4.79 Å². The highest BCUT2D eigenvalue weighted by atomic mass is 32.2. The molecular weight excluding hydrogens is 408 g/mol. The molecule has 1 fully saturated rings. The molecule has 0 spiro atoms. The van der Waals surface area contributed by atoms with Crippen molar-refractivity contribution in [2.75, 3.05) is 26.3 Å². The Hall–Kier alpha value is -1.74. The molecule has 8 heteroatoms. The molecule has 2 aromatic rings. The average molecular weight is 437 g/mol. The van der Waals surface area contributed by atoms with Gasteiger partial charge >= 0.3 is 0 Å². The average Bonchev–Trinajstić information content (AvgIpc) is 3.17. The van der Waals surface area contributed by atoms with Crippen LogP contribution in [-0.2, 0) is 26.0 Å². The normalized spacial score (nSPS) is 16.7. The zero-order valence-electron chi connectivity index (χ0n) is 17.1. The third-order valence-electron chi connectivity index (χ3n) is 5.02. The number of nitrogens with one attached hydrogen (secondary N) is 1. The fourth-order valence-electron chi connectivity index (χ4n) is 3.21. The van der Waals surface area contributed by atoms with Crippen molar-refractivity contribution in [3.8, 4) is 0 Å². The van der Waals surface area contributed by atoms with E-state index in [0.29, 0.717) is 32.2 Å². The summed E-state index contributed by atoms with van der Waals surface area (Å²) in [4.78, 5) is 13.2. The molecule has 29 heavy (non-hydrogen) atoms. The van der Waals surface area contributed by atoms with Crippen LogP contribution in [0.5, 0.6) is 0 Å². The maximum absolute atomic E-state index is 12.7. The highest BCUT2D eigenvalue weighted by molar-refractivity contribution is 7.91. The predicted octanol–water partition coefficient (Wildman–Crippen LogP) is 3.31. The minimum absolute atomic E-state index is 0.111. The summed E-state index contributed by atoms with van der Waals surface area (Å²) >= 11 is 1.16. The summed E-state index contributed by atoms with van der Waals surface area (Å²) in [5, 5.41) is 3.00. The van der Waals surface area contributed by atoms with Crippen molar-refractivity contribution in [3.63, 3.8) is 0 Å². The predicted molar refractivity (Wildman–Crippen MR) is 115 cm³/mol. The molecule has 1 aromatic heterocycles. The van der Waals surface area contributed by atoms with Gasteiger partial charge in [0.15, 0.2) is 0 Å². The summed E-state index contributed by atoms with van der Waals surface area (Å²) in [6, 6.07) is 11.5. The summed E-state index contributed by atoms with van der Waals surface area (Å²) < 4.78 is 32.4. The molecule has 0 aliphatic carbocycles. The SMILES string of the molecule is CC(C)c1ccc([C@H](C)NC(=O)Cc2ccc(S(=O)(=O)N3CCOCC3)s2)cc1. The number of morpholine rings is 1. The fourth-order valence-corrected chi connectivity index (χ4v) is 6.13. The molecule has 1 amide bonds. The van der Waals surface area contributed by atoms with Crippen LogP contribution in [0.2, 0.25) is 0 Å². The van der Waals surface area contributed by atoms with Crippen molar-refractivity contribution in [1.29, 1.82) is 0 Å². The number of hydrogen-bond acceptors (Lipinski definition) is 5. The first-order chi connectivity index (χ1) is 13.8. The Labute approximate surface area is 176 Å². The highest BCUT2D eigenvalue weighted by Crippen LogP contribution is 2.26. The van der Waals surface area contributed by atoms with Gasteiger partial charge in [0.2, 0.25) is 5.91 Å². The molecule has 1 saturated heterocycles. The maximum atomic E-state index is 12.7. The number of rotatable bonds is 7. The molecule has 6 nitrogen and oxygen atoms in total. The van der Waals surface area contributed by atoms with E-state index < -0.39 is 10.0 Å². The van der Waals surface area contributed by atoms with E-state index >= 15 is 0 Å². The molecule has 0 bridgehead atoms. The van der Waals surface area contributed by atoms with Gasteiger partial charge in [0, 0.05) is 18.0 Å². The largest absolute Gasteiger partial charge is 0.379 e. The van der Waals surface area contributed by atoms with Crippen LogP contribution in [0.15, 0.2) is 40.6 Å². The summed E-state index contributed by atoms with van der Waals surface area (Å²) in [7, 11) is -3.51. The van der Waals surface area contributed by atoms with Crippen LogP contribution in [0.4, 0.5) is 0 Å². The zero-order chi connectivity index (χ0) is 21.0. The second-order valence-corrected chi connectivity index (χ2v) is 10.9. The Bertz CT molecular complexity index is 930. The van der Waals surface area contributed by atoms with E-state index in [-0.39, 0.29) is 22.6 Å². The zero-order valence-corrected chi connectivity index (χ0v) is 18.7. The van der Waals surface area contributed by atoms with Gasteiger partial charge in [0.25, 0.3) is 10.0 Å². The highest BCUT2D eigenvalue weighted by Gasteiger charge is 2.28. The third kappa shape index (κ3) is 5.45. The Kier molecular flexibility index (Phi) is 7.10. The molecule has 1 aliphatic rings. The Morgan fingerprint density at radius 3 is 2.31 bits per heavy atom. The van der Waals surface area contributed by atoms with Gasteiger partial charge in [0.1, 0.15) is 4.21 Å². The third-order valence-corrected chi connectivity index (χ3v) is 8.47. The molecule has 1 aromatic carbocycles. The lowest BCUT2D eigenvalue weighted by atomic mass is 9.99. The first-order valence-corrected chi connectivity index (χ1v) is 12.1. The lowest BCUT2D eigenvalue weighted by Gasteiger charge is -2.25. The van der Waals surface area contributed by atoms with Crippen molar-refractivity contribution < 1.29 is 17.9 Å². The van der Waals surface area contributed by atoms with Crippen LogP contribution in [0.25, 0.3) is 0 Å². The number of amides is 1. The van der Waals surface area contributed by atoms with Crippen molar-refractivity contribution in [1.82, 2.24) is 9.62 Å². The van der Waals surface area contributed by atoms with E-state index in [2.05, 4.69) is 31.3 Å². The minimum Gasteiger partial charge on any atom is -0.379 e. The van der Waals surface area contributed by atoms with Gasteiger partial charge in [-0.1, -0.05) is 38.1 Å². The van der Waals surface area contributed by atoms with Crippen molar-refractivity contribution in [2.24, 2.45) is 0 Å². The topological polar surface area (TPSA) is 75.7 Å². The van der Waals surface area contributed by atoms with Gasteiger partial charge in [-0.2, -0.15) is 4.31 Å². The number of sulfonamides is 1. The van der Waals surface area contributed by atoms with E-state index in [4.69, 9.17) is 4.74 Å². The molecule has 1 N–H and O–H groups in total. The quantitative estimate of drug-likeness (QED) is 0.723. The minimum atomic E-state index is -3.51. The second kappa shape index (κ2) is 9.38. The van der Waals surface area contributed by atoms with Crippen LogP contribution in [0, 0.1) is 0 Å². The smallest absolute Gasteiger partial charge is 0.252 e. The number of carbonyl (C=O) groups is 1. The summed E-state index contributed by atoms with van der Waals surface area (Å²) in [5.74, 6) is 0.346. The first-order valence-electron chi connectivity index (χ1n) is 9.83. The Balaban J connectivity index is 1.59. The van der Waals surface area contributed by atoms with Gasteiger partial charge in [-0.15, -0.1) is 11.3 Å². The van der Waals surface area contributed by atoms with E-state index in [1.165, 1.54) is 9.87 Å². The number of nitrogens with zero attached hydrogens (tertiary/aromatic N) is 1. The van der Waals surface area contributed by atoms with Crippen LogP contribution in [-0.4, -0.2) is 44.9 Å². The number of ether oxygens (including phenoxy) is 1. The summed E-state index contributed by atoms with van der Waals surface area (Å²) in [6.07, 6.45) is 0.164. The number of hydrogen-bond donors (Lipinski definition) is 1. The van der Waals surface area contributed by atoms with Crippen LogP contribution >= 0.6 is 11.3 Å². The van der Waals surface area contributed by atoms with E-state index in [0.717, 1.165) is 21.8 Å². The van der Waals surface area contributed by atoms with Crippen LogP contribution < -0.4 is 5.32 Å². The van der Waals surface area contributed by atoms with Gasteiger partial charge in [0.05, 0.1) is 25.7 Å². The molecule has 0 saturated carbocycles. The standard InChI is InChI=1S/C21H28N2O4S2/c1-15(2)17-4-6-18(7-5-17)16(3)22-20(24)14-19-8-9-21(28-19)29(25,26)23-10-12-27-13-11-23/h4-9,15-16H,10-14H2,1-3H3,(H,22,24)/t16-/m0/s1. The molecular formula is C21H28N2O4S2. The molecule has 1 aliphatic heterocycles. The lowest BCUT2D eigenvalue weighted by Crippen LogP contribution is -2.40. The molecule has 0 radical (unpaired) electrons. The maximum Gasteiger partial charge on any atom is 0.252 e. The van der Waals surface area contributed by atoms with E-state index in [1.54, 1.807) is 12.1 Å². The monoisotopic (exact) mass is 436 g/mol. The van der Waals surface area contributed by atoms with Crippen molar-refractivity contribution in [3.05, 3.63) is 52.4 Å². The first kappa shape index (κ1) is 22.0. The fraction of sp³-hybridized carbons (Fsp3) is 0.476.